The second kappa shape index (κ2) is 10.6. The Balaban J connectivity index is 1.05. The summed E-state index contributed by atoms with van der Waals surface area (Å²) >= 11 is 0. The molecular weight excluding hydrogens is 504 g/mol. The number of hydrogen-bond acceptors (Lipinski definition) is 4. The zero-order chi connectivity index (χ0) is 28.9. The lowest BCUT2D eigenvalue weighted by Gasteiger charge is -2.13. The molecule has 6 heteroatoms. The Kier molecular flexibility index (Phi) is 7.13. The fraction of sp³-hybridized carbons (Fsp3) is 0.429. The lowest BCUT2D eigenvalue weighted by Crippen LogP contribution is -2.25. The normalized spacial score (nSPS) is 25.7. The van der Waals surface area contributed by atoms with E-state index in [1.54, 1.807) is 0 Å². The van der Waals surface area contributed by atoms with Crippen molar-refractivity contribution in [1.29, 1.82) is 0 Å². The van der Waals surface area contributed by atoms with Gasteiger partial charge in [0.25, 0.3) is 0 Å². The third-order valence-electron chi connectivity index (χ3n) is 9.85. The Morgan fingerprint density at radius 3 is 1.51 bits per heavy atom. The summed E-state index contributed by atoms with van der Waals surface area (Å²) in [6.07, 6.45) is 3.89. The standard InChI is InChI=1S/C35H42N6/c1-20-21(2)31(20)38-23(4)29-18-36-33(40-29)27-14-10-25(11-15-27)8-9-26-12-16-28(17-13-26)34-37-19-30(41-34)24(5)39-32-22(3)35(32,6)7/h10-24,31-32,38-39H,1-7H3,(H,36,40)(H,37,41). The van der Waals surface area contributed by atoms with E-state index in [0.29, 0.717) is 23.4 Å². The Labute approximate surface area is 244 Å². The number of H-pyrrole nitrogens is 2. The molecule has 2 fully saturated rings. The molecule has 0 bridgehead atoms. The minimum atomic E-state index is 0.234. The molecule has 4 N–H and O–H groups in total. The maximum absolute atomic E-state index is 4.64. The highest BCUT2D eigenvalue weighted by Gasteiger charge is 2.54. The third kappa shape index (κ3) is 5.62. The molecule has 6 atom stereocenters. The molecule has 0 spiro atoms. The van der Waals surface area contributed by atoms with Gasteiger partial charge in [0, 0.05) is 46.4 Å². The lowest BCUT2D eigenvalue weighted by molar-refractivity contribution is 0.486. The van der Waals surface area contributed by atoms with E-state index in [-0.39, 0.29) is 12.1 Å². The van der Waals surface area contributed by atoms with Crippen LogP contribution in [-0.2, 0) is 0 Å². The zero-order valence-corrected chi connectivity index (χ0v) is 25.2. The summed E-state index contributed by atoms with van der Waals surface area (Å²) in [6, 6.07) is 18.2. The summed E-state index contributed by atoms with van der Waals surface area (Å²) in [7, 11) is 0. The van der Waals surface area contributed by atoms with E-state index in [1.165, 1.54) is 0 Å². The highest BCUT2D eigenvalue weighted by atomic mass is 15.1. The molecule has 0 saturated heterocycles. The van der Waals surface area contributed by atoms with E-state index >= 15 is 0 Å². The minimum Gasteiger partial charge on any atom is -0.341 e. The highest BCUT2D eigenvalue weighted by molar-refractivity contribution is 5.59. The Morgan fingerprint density at radius 2 is 1.12 bits per heavy atom. The summed E-state index contributed by atoms with van der Waals surface area (Å²) in [4.78, 5) is 16.3. The van der Waals surface area contributed by atoms with Crippen molar-refractivity contribution in [3.63, 3.8) is 0 Å². The average molecular weight is 547 g/mol. The number of nitrogens with one attached hydrogen (secondary N) is 4. The smallest absolute Gasteiger partial charge is 0.137 e. The molecule has 4 aromatic rings. The number of benzene rings is 2. The van der Waals surface area contributed by atoms with E-state index < -0.39 is 0 Å². The van der Waals surface area contributed by atoms with Crippen molar-refractivity contribution < 1.29 is 0 Å². The number of aromatic nitrogens is 4. The second-order valence-corrected chi connectivity index (χ2v) is 12.9. The van der Waals surface area contributed by atoms with Gasteiger partial charge in [0.05, 0.1) is 23.8 Å². The van der Waals surface area contributed by atoms with Crippen LogP contribution in [0.15, 0.2) is 60.9 Å². The number of nitrogens with zero attached hydrogens (tertiary/aromatic N) is 2. The van der Waals surface area contributed by atoms with Gasteiger partial charge >= 0.3 is 0 Å². The maximum atomic E-state index is 4.64. The molecule has 2 aromatic heterocycles. The van der Waals surface area contributed by atoms with Crippen LogP contribution < -0.4 is 10.6 Å². The van der Waals surface area contributed by atoms with Crippen LogP contribution in [0.1, 0.15) is 83.1 Å². The van der Waals surface area contributed by atoms with Crippen molar-refractivity contribution >= 4 is 0 Å². The second-order valence-electron chi connectivity index (χ2n) is 12.9. The van der Waals surface area contributed by atoms with Gasteiger partial charge in [-0.15, -0.1) is 0 Å². The van der Waals surface area contributed by atoms with Crippen molar-refractivity contribution in [1.82, 2.24) is 30.6 Å². The van der Waals surface area contributed by atoms with Gasteiger partial charge in [-0.25, -0.2) is 9.97 Å². The fourth-order valence-electron chi connectivity index (χ4n) is 5.93. The first-order chi connectivity index (χ1) is 19.6. The topological polar surface area (TPSA) is 81.4 Å². The molecule has 6 nitrogen and oxygen atoms in total. The highest BCUT2D eigenvalue weighted by Crippen LogP contribution is 2.52. The van der Waals surface area contributed by atoms with Crippen molar-refractivity contribution in [3.05, 3.63) is 83.4 Å². The first-order valence-electron chi connectivity index (χ1n) is 15.0. The summed E-state index contributed by atoms with van der Waals surface area (Å²) in [5, 5.41) is 7.46. The van der Waals surface area contributed by atoms with Gasteiger partial charge in [-0.2, -0.15) is 0 Å². The van der Waals surface area contributed by atoms with E-state index in [1.807, 2.05) is 12.4 Å². The third-order valence-corrected chi connectivity index (χ3v) is 9.85. The SMILES string of the molecule is CC(NC1C(C)C1C)c1cnc(-c2ccc(C#Cc3ccc(-c4ncc(C(C)NC5C(C)C5(C)C)[nH]4)cc3)cc2)[nH]1. The molecule has 212 valence electrons. The summed E-state index contributed by atoms with van der Waals surface area (Å²) < 4.78 is 0. The maximum Gasteiger partial charge on any atom is 0.137 e. The van der Waals surface area contributed by atoms with Crippen LogP contribution in [0.5, 0.6) is 0 Å². The van der Waals surface area contributed by atoms with Crippen LogP contribution in [0.2, 0.25) is 0 Å². The number of hydrogen-bond donors (Lipinski definition) is 4. The number of imidazole rings is 2. The van der Waals surface area contributed by atoms with E-state index in [4.69, 9.17) is 0 Å². The molecule has 2 saturated carbocycles. The van der Waals surface area contributed by atoms with Crippen molar-refractivity contribution in [2.75, 3.05) is 0 Å². The molecular formula is C35H42N6. The summed E-state index contributed by atoms with van der Waals surface area (Å²) in [6.45, 7) is 16.0. The molecule has 0 radical (unpaired) electrons. The predicted octanol–water partition coefficient (Wildman–Crippen LogP) is 6.87. The van der Waals surface area contributed by atoms with E-state index in [9.17, 15) is 0 Å². The minimum absolute atomic E-state index is 0.234. The summed E-state index contributed by atoms with van der Waals surface area (Å²) in [5.74, 6) is 10.5. The monoisotopic (exact) mass is 546 g/mol. The van der Waals surface area contributed by atoms with Gasteiger partial charge in [0.15, 0.2) is 0 Å². The molecule has 6 rings (SSSR count). The molecule has 2 aliphatic carbocycles. The molecule has 0 amide bonds. The molecule has 2 aromatic carbocycles. The van der Waals surface area contributed by atoms with Crippen LogP contribution in [0.25, 0.3) is 22.8 Å². The largest absolute Gasteiger partial charge is 0.341 e. The van der Waals surface area contributed by atoms with Gasteiger partial charge in [-0.1, -0.05) is 70.7 Å². The van der Waals surface area contributed by atoms with Gasteiger partial charge < -0.3 is 20.6 Å². The van der Waals surface area contributed by atoms with E-state index in [0.717, 1.165) is 57.1 Å². The van der Waals surface area contributed by atoms with Gasteiger partial charge in [-0.3, -0.25) is 0 Å². The fourth-order valence-corrected chi connectivity index (χ4v) is 5.93. The lowest BCUT2D eigenvalue weighted by atomic mass is 10.1. The quantitative estimate of drug-likeness (QED) is 0.182. The van der Waals surface area contributed by atoms with Crippen molar-refractivity contribution in [3.8, 4) is 34.6 Å². The number of rotatable bonds is 8. The number of aromatic amines is 2. The van der Waals surface area contributed by atoms with Crippen LogP contribution in [0.4, 0.5) is 0 Å². The zero-order valence-electron chi connectivity index (χ0n) is 25.2. The average Bonchev–Trinajstić information content (AvgIpc) is 3.49. The molecule has 2 heterocycles. The Morgan fingerprint density at radius 1 is 0.707 bits per heavy atom. The van der Waals surface area contributed by atoms with Crippen LogP contribution >= 0.6 is 0 Å². The Hall–Kier alpha value is -3.66. The molecule has 6 unspecified atom stereocenters. The van der Waals surface area contributed by atoms with Gasteiger partial charge in [-0.05, 0) is 61.3 Å². The first-order valence-corrected chi connectivity index (χ1v) is 15.0. The molecule has 2 aliphatic rings. The Bertz CT molecular complexity index is 1560. The van der Waals surface area contributed by atoms with Gasteiger partial charge in [0.2, 0.25) is 0 Å². The van der Waals surface area contributed by atoms with Crippen molar-refractivity contribution in [2.24, 2.45) is 23.2 Å². The van der Waals surface area contributed by atoms with E-state index in [2.05, 4.69) is 139 Å². The summed E-state index contributed by atoms with van der Waals surface area (Å²) in [5.41, 5.74) is 6.66. The predicted molar refractivity (Wildman–Crippen MR) is 166 cm³/mol. The van der Waals surface area contributed by atoms with Crippen molar-refractivity contribution in [2.45, 2.75) is 72.6 Å². The van der Waals surface area contributed by atoms with Crippen LogP contribution in [-0.4, -0.2) is 32.0 Å². The van der Waals surface area contributed by atoms with Crippen LogP contribution in [0.3, 0.4) is 0 Å². The molecule has 0 aliphatic heterocycles. The first kappa shape index (κ1) is 27.5. The van der Waals surface area contributed by atoms with Crippen LogP contribution in [0, 0.1) is 35.0 Å². The van der Waals surface area contributed by atoms with Gasteiger partial charge in [0.1, 0.15) is 11.6 Å². The molecule has 41 heavy (non-hydrogen) atoms.